The molecule has 2 aliphatic carbocycles. The highest BCUT2D eigenvalue weighted by atomic mass is 15.4. The van der Waals surface area contributed by atoms with Gasteiger partial charge in [0, 0.05) is 18.4 Å². The summed E-state index contributed by atoms with van der Waals surface area (Å²) in [4.78, 5) is 4.91. The fourth-order valence-electron chi connectivity index (χ4n) is 3.18. The maximum absolute atomic E-state index is 4.91. The Morgan fingerprint density at radius 1 is 1.14 bits per heavy atom. The fourth-order valence-corrected chi connectivity index (χ4v) is 3.18. The third-order valence-corrected chi connectivity index (χ3v) is 4.73. The Balaban J connectivity index is 1.56. The first-order chi connectivity index (χ1) is 10.4. The van der Waals surface area contributed by atoms with Crippen LogP contribution in [-0.4, -0.2) is 14.8 Å². The number of unbranched alkanes of at least 4 members (excludes halogenated alkanes) is 1. The summed E-state index contributed by atoms with van der Waals surface area (Å²) in [5, 5.41) is 4.80. The van der Waals surface area contributed by atoms with Crippen molar-refractivity contribution in [2.24, 2.45) is 0 Å². The van der Waals surface area contributed by atoms with Crippen LogP contribution in [0, 0.1) is 0 Å². The van der Waals surface area contributed by atoms with Gasteiger partial charge in [0.15, 0.2) is 5.82 Å². The Morgan fingerprint density at radius 2 is 1.95 bits per heavy atom. The van der Waals surface area contributed by atoms with Gasteiger partial charge in [0.2, 0.25) is 0 Å². The summed E-state index contributed by atoms with van der Waals surface area (Å²) < 4.78 is 2.21. The van der Waals surface area contributed by atoms with Gasteiger partial charge in [-0.1, -0.05) is 43.7 Å². The van der Waals surface area contributed by atoms with Crippen molar-refractivity contribution in [1.29, 1.82) is 0 Å². The van der Waals surface area contributed by atoms with Crippen LogP contribution < -0.4 is 0 Å². The number of aromatic nitrogens is 3. The van der Waals surface area contributed by atoms with E-state index in [2.05, 4.69) is 41.9 Å². The molecule has 0 bridgehead atoms. The van der Waals surface area contributed by atoms with E-state index < -0.39 is 0 Å². The number of hydrogen-bond donors (Lipinski definition) is 0. The molecule has 3 heteroatoms. The molecule has 110 valence electrons. The molecule has 3 nitrogen and oxygen atoms in total. The first-order valence-corrected chi connectivity index (χ1v) is 8.36. The van der Waals surface area contributed by atoms with Crippen molar-refractivity contribution in [3.05, 3.63) is 47.5 Å². The van der Waals surface area contributed by atoms with E-state index in [9.17, 15) is 0 Å². The molecule has 2 aromatic rings. The Hall–Kier alpha value is -1.64. The Kier molecular flexibility index (Phi) is 3.28. The lowest BCUT2D eigenvalue weighted by Gasteiger charge is -2.04. The zero-order chi connectivity index (χ0) is 14.2. The predicted octanol–water partition coefficient (Wildman–Crippen LogP) is 4.23. The van der Waals surface area contributed by atoms with E-state index in [1.807, 2.05) is 0 Å². The standard InChI is InChI=1S/C18H23N3/c1-2-3-11-21-18(19-17(20-21)14-9-10-14)16-12-15(16)13-7-5-4-6-8-13/h4-8,14-16H,2-3,9-12H2,1H3. The Bertz CT molecular complexity index is 613. The van der Waals surface area contributed by atoms with E-state index >= 15 is 0 Å². The summed E-state index contributed by atoms with van der Waals surface area (Å²) >= 11 is 0. The van der Waals surface area contributed by atoms with E-state index in [0.717, 1.165) is 12.4 Å². The van der Waals surface area contributed by atoms with Crippen molar-refractivity contribution in [2.75, 3.05) is 0 Å². The van der Waals surface area contributed by atoms with Gasteiger partial charge in [0.05, 0.1) is 0 Å². The van der Waals surface area contributed by atoms with Crippen LogP contribution in [0.3, 0.4) is 0 Å². The summed E-state index contributed by atoms with van der Waals surface area (Å²) in [5.41, 5.74) is 1.46. The van der Waals surface area contributed by atoms with Crippen LogP contribution in [0.5, 0.6) is 0 Å². The van der Waals surface area contributed by atoms with Gasteiger partial charge >= 0.3 is 0 Å². The van der Waals surface area contributed by atoms with E-state index in [1.165, 1.54) is 43.5 Å². The third-order valence-electron chi connectivity index (χ3n) is 4.73. The molecule has 2 aliphatic rings. The van der Waals surface area contributed by atoms with Gasteiger partial charge in [0.1, 0.15) is 5.82 Å². The molecule has 0 saturated heterocycles. The minimum Gasteiger partial charge on any atom is -0.249 e. The second kappa shape index (κ2) is 5.28. The van der Waals surface area contributed by atoms with E-state index in [-0.39, 0.29) is 0 Å². The van der Waals surface area contributed by atoms with Gasteiger partial charge in [-0.3, -0.25) is 0 Å². The summed E-state index contributed by atoms with van der Waals surface area (Å²) in [7, 11) is 0. The number of rotatable bonds is 6. The molecule has 1 heterocycles. The first-order valence-electron chi connectivity index (χ1n) is 8.36. The van der Waals surface area contributed by atoms with E-state index in [0.29, 0.717) is 17.8 Å². The molecule has 2 saturated carbocycles. The van der Waals surface area contributed by atoms with Crippen LogP contribution in [0.15, 0.2) is 30.3 Å². The normalized spacial score (nSPS) is 24.2. The molecule has 0 spiro atoms. The second-order valence-corrected chi connectivity index (χ2v) is 6.54. The van der Waals surface area contributed by atoms with Gasteiger partial charge < -0.3 is 0 Å². The third kappa shape index (κ3) is 2.61. The van der Waals surface area contributed by atoms with Crippen molar-refractivity contribution in [3.8, 4) is 0 Å². The summed E-state index contributed by atoms with van der Waals surface area (Å²) in [6, 6.07) is 10.9. The van der Waals surface area contributed by atoms with Crippen LogP contribution in [0.25, 0.3) is 0 Å². The predicted molar refractivity (Wildman–Crippen MR) is 83.4 cm³/mol. The first kappa shape index (κ1) is 13.1. The van der Waals surface area contributed by atoms with Crippen LogP contribution in [0.1, 0.15) is 74.0 Å². The van der Waals surface area contributed by atoms with Crippen LogP contribution in [0.2, 0.25) is 0 Å². The zero-order valence-corrected chi connectivity index (χ0v) is 12.7. The molecular weight excluding hydrogens is 258 g/mol. The maximum Gasteiger partial charge on any atom is 0.154 e. The van der Waals surface area contributed by atoms with Gasteiger partial charge in [-0.05, 0) is 37.2 Å². The average molecular weight is 281 g/mol. The van der Waals surface area contributed by atoms with E-state index in [1.54, 1.807) is 0 Å². The largest absolute Gasteiger partial charge is 0.249 e. The van der Waals surface area contributed by atoms with Crippen molar-refractivity contribution < 1.29 is 0 Å². The minimum absolute atomic E-state index is 0.587. The highest BCUT2D eigenvalue weighted by molar-refractivity contribution is 5.31. The van der Waals surface area contributed by atoms with Gasteiger partial charge in [-0.25, -0.2) is 9.67 Å². The van der Waals surface area contributed by atoms with Crippen LogP contribution in [0.4, 0.5) is 0 Å². The number of hydrogen-bond acceptors (Lipinski definition) is 2. The maximum atomic E-state index is 4.91. The lowest BCUT2D eigenvalue weighted by atomic mass is 10.1. The summed E-state index contributed by atoms with van der Waals surface area (Å²) in [6.45, 7) is 3.27. The molecule has 1 aromatic carbocycles. The summed E-state index contributed by atoms with van der Waals surface area (Å²) in [6.07, 6.45) is 6.21. The molecule has 0 radical (unpaired) electrons. The molecule has 2 atom stereocenters. The van der Waals surface area contributed by atoms with Crippen molar-refractivity contribution >= 4 is 0 Å². The SMILES string of the molecule is CCCCn1nc(C2CC2)nc1C1CC1c1ccccc1. The van der Waals surface area contributed by atoms with Crippen LogP contribution >= 0.6 is 0 Å². The molecule has 21 heavy (non-hydrogen) atoms. The monoisotopic (exact) mass is 281 g/mol. The van der Waals surface area contributed by atoms with Crippen LogP contribution in [-0.2, 0) is 6.54 Å². The molecule has 0 aliphatic heterocycles. The Labute approximate surface area is 126 Å². The average Bonchev–Trinajstić information content (AvgIpc) is 3.44. The second-order valence-electron chi connectivity index (χ2n) is 6.54. The van der Waals surface area contributed by atoms with Gasteiger partial charge in [-0.15, -0.1) is 0 Å². The lowest BCUT2D eigenvalue weighted by molar-refractivity contribution is 0.540. The lowest BCUT2D eigenvalue weighted by Crippen LogP contribution is -2.05. The van der Waals surface area contributed by atoms with E-state index in [4.69, 9.17) is 10.1 Å². The quantitative estimate of drug-likeness (QED) is 0.793. The highest BCUT2D eigenvalue weighted by Crippen LogP contribution is 2.54. The zero-order valence-electron chi connectivity index (χ0n) is 12.7. The number of nitrogens with zero attached hydrogens (tertiary/aromatic N) is 3. The molecule has 2 fully saturated rings. The minimum atomic E-state index is 0.587. The van der Waals surface area contributed by atoms with Crippen molar-refractivity contribution in [3.63, 3.8) is 0 Å². The van der Waals surface area contributed by atoms with Gasteiger partial charge in [0.25, 0.3) is 0 Å². The van der Waals surface area contributed by atoms with Gasteiger partial charge in [-0.2, -0.15) is 5.10 Å². The molecule has 0 N–H and O–H groups in total. The molecular formula is C18H23N3. The molecule has 4 rings (SSSR count). The molecule has 2 unspecified atom stereocenters. The van der Waals surface area contributed by atoms with Crippen molar-refractivity contribution in [1.82, 2.24) is 14.8 Å². The molecule has 0 amide bonds. The number of aryl methyl sites for hydroxylation is 1. The topological polar surface area (TPSA) is 30.7 Å². The number of benzene rings is 1. The highest BCUT2D eigenvalue weighted by Gasteiger charge is 2.43. The smallest absolute Gasteiger partial charge is 0.154 e. The molecule has 1 aromatic heterocycles. The fraction of sp³-hybridized carbons (Fsp3) is 0.556. The Morgan fingerprint density at radius 3 is 2.67 bits per heavy atom. The summed E-state index contributed by atoms with van der Waals surface area (Å²) in [5.74, 6) is 4.26. The van der Waals surface area contributed by atoms with Crippen molar-refractivity contribution in [2.45, 2.75) is 63.3 Å².